The van der Waals surface area contributed by atoms with Crippen molar-refractivity contribution in [3.05, 3.63) is 76.0 Å². The standard InChI is InChI=1S/C22H24FN3O2/c1-4-25(14-16-8-7-9-17(23)12-16)22(28)20-18-10-5-6-11-19(18)21(27)26(24-20)13-15(2)3/h5-12,15H,4,13-14H2,1-3H3. The summed E-state index contributed by atoms with van der Waals surface area (Å²) in [6.07, 6.45) is 0. The van der Waals surface area contributed by atoms with Gasteiger partial charge < -0.3 is 4.90 Å². The zero-order valence-corrected chi connectivity index (χ0v) is 16.4. The number of carbonyl (C=O) groups is 1. The Morgan fingerprint density at radius 2 is 1.86 bits per heavy atom. The monoisotopic (exact) mass is 381 g/mol. The van der Waals surface area contributed by atoms with Gasteiger partial charge in [0.1, 0.15) is 5.82 Å². The molecule has 0 fully saturated rings. The molecule has 0 aliphatic heterocycles. The van der Waals surface area contributed by atoms with Crippen LogP contribution in [-0.4, -0.2) is 27.1 Å². The molecule has 0 N–H and O–H groups in total. The van der Waals surface area contributed by atoms with Crippen LogP contribution in [0.25, 0.3) is 10.8 Å². The zero-order valence-electron chi connectivity index (χ0n) is 16.4. The molecule has 0 saturated carbocycles. The van der Waals surface area contributed by atoms with Gasteiger partial charge in [-0.05, 0) is 36.6 Å². The van der Waals surface area contributed by atoms with Crippen LogP contribution in [0.5, 0.6) is 0 Å². The highest BCUT2D eigenvalue weighted by Gasteiger charge is 2.22. The number of hydrogen-bond donors (Lipinski definition) is 0. The van der Waals surface area contributed by atoms with Gasteiger partial charge in [-0.2, -0.15) is 5.10 Å². The number of carbonyl (C=O) groups excluding carboxylic acids is 1. The summed E-state index contributed by atoms with van der Waals surface area (Å²) in [5.74, 6) is -0.403. The molecule has 3 aromatic rings. The number of amides is 1. The van der Waals surface area contributed by atoms with Crippen molar-refractivity contribution in [1.82, 2.24) is 14.7 Å². The summed E-state index contributed by atoms with van der Waals surface area (Å²) in [4.78, 5) is 27.6. The van der Waals surface area contributed by atoms with Gasteiger partial charge in [0.2, 0.25) is 0 Å². The third-order valence-corrected chi connectivity index (χ3v) is 4.54. The van der Waals surface area contributed by atoms with Gasteiger partial charge in [-0.1, -0.05) is 44.2 Å². The fourth-order valence-electron chi connectivity index (χ4n) is 3.20. The number of hydrogen-bond acceptors (Lipinski definition) is 3. The molecule has 0 atom stereocenters. The second-order valence-corrected chi connectivity index (χ2v) is 7.22. The summed E-state index contributed by atoms with van der Waals surface area (Å²) >= 11 is 0. The lowest BCUT2D eigenvalue weighted by Crippen LogP contribution is -2.34. The number of rotatable bonds is 6. The molecule has 2 aromatic carbocycles. The maximum absolute atomic E-state index is 13.5. The fourth-order valence-corrected chi connectivity index (χ4v) is 3.20. The Balaban J connectivity index is 2.06. The molecule has 28 heavy (non-hydrogen) atoms. The van der Waals surface area contributed by atoms with Crippen molar-refractivity contribution in [2.24, 2.45) is 5.92 Å². The van der Waals surface area contributed by atoms with Crippen molar-refractivity contribution in [1.29, 1.82) is 0 Å². The predicted molar refractivity (Wildman–Crippen MR) is 108 cm³/mol. The minimum absolute atomic E-state index is 0.200. The number of fused-ring (bicyclic) bond motifs is 1. The molecule has 0 radical (unpaired) electrons. The molecule has 3 rings (SSSR count). The second kappa shape index (κ2) is 8.33. The summed E-state index contributed by atoms with van der Waals surface area (Å²) in [6, 6.07) is 13.2. The van der Waals surface area contributed by atoms with Crippen molar-refractivity contribution >= 4 is 16.7 Å². The lowest BCUT2D eigenvalue weighted by atomic mass is 10.1. The molecule has 6 heteroatoms. The van der Waals surface area contributed by atoms with Gasteiger partial charge in [-0.15, -0.1) is 0 Å². The van der Waals surface area contributed by atoms with E-state index >= 15 is 0 Å². The van der Waals surface area contributed by atoms with Gasteiger partial charge in [-0.3, -0.25) is 9.59 Å². The highest BCUT2D eigenvalue weighted by molar-refractivity contribution is 6.04. The molecule has 5 nitrogen and oxygen atoms in total. The lowest BCUT2D eigenvalue weighted by Gasteiger charge is -2.22. The van der Waals surface area contributed by atoms with Crippen LogP contribution in [0.2, 0.25) is 0 Å². The summed E-state index contributed by atoms with van der Waals surface area (Å²) in [6.45, 7) is 6.99. The van der Waals surface area contributed by atoms with E-state index in [0.717, 1.165) is 0 Å². The third kappa shape index (κ3) is 4.11. The van der Waals surface area contributed by atoms with Crippen LogP contribution in [0.3, 0.4) is 0 Å². The van der Waals surface area contributed by atoms with E-state index in [4.69, 9.17) is 0 Å². The minimum atomic E-state index is -0.338. The van der Waals surface area contributed by atoms with Crippen molar-refractivity contribution in [3.63, 3.8) is 0 Å². The number of halogens is 1. The van der Waals surface area contributed by atoms with Crippen LogP contribution in [-0.2, 0) is 13.1 Å². The van der Waals surface area contributed by atoms with E-state index in [1.807, 2.05) is 20.8 Å². The van der Waals surface area contributed by atoms with Gasteiger partial charge in [0, 0.05) is 25.0 Å². The number of nitrogens with zero attached hydrogens (tertiary/aromatic N) is 3. The summed E-state index contributed by atoms with van der Waals surface area (Å²) in [5.41, 5.74) is 0.748. The second-order valence-electron chi connectivity index (χ2n) is 7.22. The Morgan fingerprint density at radius 1 is 1.14 bits per heavy atom. The van der Waals surface area contributed by atoms with Crippen LogP contribution in [0.1, 0.15) is 36.8 Å². The smallest absolute Gasteiger partial charge is 0.275 e. The van der Waals surface area contributed by atoms with Crippen molar-refractivity contribution in [3.8, 4) is 0 Å². The molecular formula is C22H24FN3O2. The fraction of sp³-hybridized carbons (Fsp3) is 0.318. The van der Waals surface area contributed by atoms with Gasteiger partial charge >= 0.3 is 0 Å². The molecule has 1 amide bonds. The van der Waals surface area contributed by atoms with Crippen molar-refractivity contribution in [2.45, 2.75) is 33.9 Å². The average Bonchev–Trinajstić information content (AvgIpc) is 2.67. The average molecular weight is 381 g/mol. The van der Waals surface area contributed by atoms with E-state index < -0.39 is 0 Å². The van der Waals surface area contributed by atoms with Crippen molar-refractivity contribution in [2.75, 3.05) is 6.54 Å². The first-order chi connectivity index (χ1) is 13.4. The Hall–Kier alpha value is -3.02. The van der Waals surface area contributed by atoms with Crippen LogP contribution in [0.4, 0.5) is 4.39 Å². The van der Waals surface area contributed by atoms with Crippen LogP contribution in [0.15, 0.2) is 53.3 Å². The number of benzene rings is 2. The third-order valence-electron chi connectivity index (χ3n) is 4.54. The number of aromatic nitrogens is 2. The Bertz CT molecular complexity index is 1060. The molecule has 0 aliphatic carbocycles. The van der Waals surface area contributed by atoms with Crippen molar-refractivity contribution < 1.29 is 9.18 Å². The van der Waals surface area contributed by atoms with Crippen LogP contribution < -0.4 is 5.56 Å². The van der Waals surface area contributed by atoms with Gasteiger partial charge in [0.25, 0.3) is 11.5 Å². The van der Waals surface area contributed by atoms with E-state index in [1.54, 1.807) is 41.3 Å². The normalized spacial score (nSPS) is 11.2. The Labute approximate surface area is 163 Å². The summed E-state index contributed by atoms with van der Waals surface area (Å²) in [5, 5.41) is 5.42. The van der Waals surface area contributed by atoms with E-state index in [0.29, 0.717) is 29.4 Å². The quantitative estimate of drug-likeness (QED) is 0.652. The Morgan fingerprint density at radius 3 is 2.50 bits per heavy atom. The first kappa shape index (κ1) is 19.7. The Kier molecular flexibility index (Phi) is 5.87. The van der Waals surface area contributed by atoms with E-state index in [9.17, 15) is 14.0 Å². The lowest BCUT2D eigenvalue weighted by molar-refractivity contribution is 0.0745. The highest BCUT2D eigenvalue weighted by Crippen LogP contribution is 2.17. The molecule has 146 valence electrons. The molecular weight excluding hydrogens is 357 g/mol. The first-order valence-electron chi connectivity index (χ1n) is 9.44. The maximum atomic E-state index is 13.5. The largest absolute Gasteiger partial charge is 0.333 e. The summed E-state index contributed by atoms with van der Waals surface area (Å²) in [7, 11) is 0. The molecule has 0 aliphatic rings. The van der Waals surface area contributed by atoms with E-state index in [1.165, 1.54) is 16.8 Å². The van der Waals surface area contributed by atoms with E-state index in [2.05, 4.69) is 5.10 Å². The zero-order chi connectivity index (χ0) is 20.3. The van der Waals surface area contributed by atoms with Crippen LogP contribution in [0, 0.1) is 11.7 Å². The van der Waals surface area contributed by atoms with E-state index in [-0.39, 0.29) is 35.4 Å². The molecule has 0 saturated heterocycles. The first-order valence-corrected chi connectivity index (χ1v) is 9.44. The molecule has 1 aromatic heterocycles. The predicted octanol–water partition coefficient (Wildman–Crippen LogP) is 3.85. The maximum Gasteiger partial charge on any atom is 0.275 e. The highest BCUT2D eigenvalue weighted by atomic mass is 19.1. The van der Waals surface area contributed by atoms with Gasteiger partial charge in [-0.25, -0.2) is 9.07 Å². The molecule has 0 bridgehead atoms. The van der Waals surface area contributed by atoms with Gasteiger partial charge in [0.15, 0.2) is 5.69 Å². The SMILES string of the molecule is CCN(Cc1cccc(F)c1)C(=O)c1nn(CC(C)C)c(=O)c2ccccc12. The topological polar surface area (TPSA) is 55.2 Å². The van der Waals surface area contributed by atoms with Crippen LogP contribution >= 0.6 is 0 Å². The minimum Gasteiger partial charge on any atom is -0.333 e. The van der Waals surface area contributed by atoms with Gasteiger partial charge in [0.05, 0.1) is 5.39 Å². The molecule has 0 unspecified atom stereocenters. The molecule has 0 spiro atoms. The molecule has 1 heterocycles. The summed E-state index contributed by atoms with van der Waals surface area (Å²) < 4.78 is 14.9.